The molecule has 14 nitrogen and oxygen atoms in total. The number of anilines is 1. The lowest BCUT2D eigenvalue weighted by Gasteiger charge is -2.24. The summed E-state index contributed by atoms with van der Waals surface area (Å²) in [6, 6.07) is 14.0. The second kappa shape index (κ2) is 14.3. The van der Waals surface area contributed by atoms with Crippen molar-refractivity contribution in [2.24, 2.45) is 0 Å². The van der Waals surface area contributed by atoms with E-state index in [4.69, 9.17) is 0 Å². The van der Waals surface area contributed by atoms with Gasteiger partial charge in [-0.25, -0.2) is 25.3 Å². The molecular weight excluding hydrogens is 775 g/mol. The first kappa shape index (κ1) is 39.2. The maximum absolute atomic E-state index is 13.9. The summed E-state index contributed by atoms with van der Waals surface area (Å²) in [6.07, 6.45) is -1.61. The third kappa shape index (κ3) is 8.16. The van der Waals surface area contributed by atoms with Crippen LogP contribution in [0.15, 0.2) is 87.5 Å². The third-order valence-electron chi connectivity index (χ3n) is 9.30. The first-order chi connectivity index (χ1) is 25.6. The lowest BCUT2D eigenvalue weighted by Crippen LogP contribution is -2.14. The Bertz CT molecular complexity index is 2610. The lowest BCUT2D eigenvalue weighted by atomic mass is 9.90. The number of fused-ring (bicyclic) bond motifs is 8. The molecule has 0 amide bonds. The maximum atomic E-state index is 13.9. The van der Waals surface area contributed by atoms with Gasteiger partial charge >= 0.3 is 0 Å². The highest BCUT2D eigenvalue weighted by Gasteiger charge is 2.23. The SMILES string of the molecule is CCC(=O)c1ccc(S(=O)(=O)Nc2cc3c(O)c(c2)Cc2cc(S(=O)(=O)[O-])cc(c2O)Cc2cc(C)cc(c2O)Cc2cc(S(=O)(=O)[O-])cc(c2[O-])C3)cc1. The molecule has 1 aliphatic carbocycles. The molecule has 17 heteroatoms. The quantitative estimate of drug-likeness (QED) is 0.101. The summed E-state index contributed by atoms with van der Waals surface area (Å²) in [5, 5.41) is 48.3. The molecule has 0 heterocycles. The van der Waals surface area contributed by atoms with Gasteiger partial charge in [-0.05, 0) is 88.8 Å². The molecule has 0 spiro atoms. The van der Waals surface area contributed by atoms with Crippen LogP contribution in [0.25, 0.3) is 0 Å². The van der Waals surface area contributed by atoms with Gasteiger partial charge in [-0.3, -0.25) is 9.52 Å². The Balaban J connectivity index is 1.60. The van der Waals surface area contributed by atoms with Crippen molar-refractivity contribution in [3.05, 3.63) is 128 Å². The fourth-order valence-electron chi connectivity index (χ4n) is 6.62. The number of Topliss-reactive ketones (excluding diaryl/α,β-unsaturated/α-hetero) is 1. The Labute approximate surface area is 316 Å². The number of ketones is 1. The molecule has 1 aliphatic rings. The van der Waals surface area contributed by atoms with Crippen molar-refractivity contribution in [3.8, 4) is 23.0 Å². The number of sulfonamides is 1. The first-order valence-corrected chi connectivity index (χ1v) is 20.9. The third-order valence-corrected chi connectivity index (χ3v) is 12.3. The minimum Gasteiger partial charge on any atom is -0.872 e. The smallest absolute Gasteiger partial charge is 0.261 e. The predicted octanol–water partition coefficient (Wildman–Crippen LogP) is 4.06. The van der Waals surface area contributed by atoms with Gasteiger partial charge in [-0.2, -0.15) is 0 Å². The van der Waals surface area contributed by atoms with Crippen molar-refractivity contribution < 1.29 is 59.6 Å². The average molecular weight is 807 g/mol. The summed E-state index contributed by atoms with van der Waals surface area (Å²) >= 11 is 0. The van der Waals surface area contributed by atoms with Crippen LogP contribution in [0.1, 0.15) is 73.8 Å². The molecule has 0 saturated heterocycles. The van der Waals surface area contributed by atoms with Crippen LogP contribution in [0.2, 0.25) is 0 Å². The molecule has 0 radical (unpaired) electrons. The number of carbonyl (C=O) groups is 1. The van der Waals surface area contributed by atoms with Crippen LogP contribution in [0, 0.1) is 6.92 Å². The van der Waals surface area contributed by atoms with Crippen LogP contribution in [0.5, 0.6) is 23.0 Å². The van der Waals surface area contributed by atoms with Gasteiger partial charge in [-0.15, -0.1) is 5.75 Å². The topological polar surface area (TPSA) is 261 Å². The number of phenolic OH excluding ortho intramolecular Hbond substituents is 3. The van der Waals surface area contributed by atoms with Crippen LogP contribution in [-0.4, -0.2) is 55.5 Å². The van der Waals surface area contributed by atoms with E-state index in [1.807, 2.05) is 0 Å². The summed E-state index contributed by atoms with van der Waals surface area (Å²) < 4.78 is 103. The van der Waals surface area contributed by atoms with Crippen molar-refractivity contribution in [1.29, 1.82) is 0 Å². The number of hydrogen-bond acceptors (Lipinski definition) is 13. The summed E-state index contributed by atoms with van der Waals surface area (Å²) in [6.45, 7) is 3.30. The summed E-state index contributed by atoms with van der Waals surface area (Å²) in [4.78, 5) is 10.4. The molecule has 4 N–H and O–H groups in total. The van der Waals surface area contributed by atoms with Crippen molar-refractivity contribution in [2.45, 2.75) is 60.6 Å². The van der Waals surface area contributed by atoms with Crippen molar-refractivity contribution in [2.75, 3.05) is 4.72 Å². The van der Waals surface area contributed by atoms with Crippen LogP contribution >= 0.6 is 0 Å². The van der Waals surface area contributed by atoms with E-state index in [-0.39, 0.29) is 91.4 Å². The van der Waals surface area contributed by atoms with E-state index >= 15 is 0 Å². The Morgan fingerprint density at radius 3 is 1.36 bits per heavy atom. The van der Waals surface area contributed by atoms with Gasteiger partial charge in [0, 0.05) is 54.5 Å². The molecule has 0 saturated carbocycles. The van der Waals surface area contributed by atoms with Gasteiger partial charge < -0.3 is 29.5 Å². The Morgan fingerprint density at radius 2 is 0.964 bits per heavy atom. The Hall–Kier alpha value is -5.46. The van der Waals surface area contributed by atoms with Gasteiger partial charge in [0.1, 0.15) is 37.5 Å². The molecule has 0 aliphatic heterocycles. The number of aromatic hydroxyl groups is 3. The van der Waals surface area contributed by atoms with Gasteiger partial charge in [-0.1, -0.05) is 36.8 Å². The van der Waals surface area contributed by atoms with Gasteiger partial charge in [0.2, 0.25) is 0 Å². The average Bonchev–Trinajstić information content (AvgIpc) is 3.10. The molecule has 6 rings (SSSR count). The van der Waals surface area contributed by atoms with Crippen LogP contribution < -0.4 is 9.83 Å². The number of carbonyl (C=O) groups excluding carboxylic acids is 1. The van der Waals surface area contributed by atoms with Crippen molar-refractivity contribution in [3.63, 3.8) is 0 Å². The standard InChI is InChI=1S/C38H35NO13S3/c1-3-34(40)21-4-6-31(7-5-21)53(45,46)39-30-14-24-12-28-18-32(54(47,48)49)16-26(37(28)43)10-22-8-20(2)9-23(35(22)41)11-27-17-33(55(50,51)52)19-29(38(27)44)13-25(15-30)36(24)42/h4-9,14-19,39,41-44H,3,10-13H2,1-2H3,(H,47,48,49)(H,50,51,52)/p-3. The molecule has 288 valence electrons. The highest BCUT2D eigenvalue weighted by atomic mass is 32.2. The number of hydrogen-bond donors (Lipinski definition) is 4. The minimum absolute atomic E-state index is 0.112. The van der Waals surface area contributed by atoms with E-state index in [9.17, 15) is 59.6 Å². The highest BCUT2D eigenvalue weighted by Crippen LogP contribution is 2.40. The van der Waals surface area contributed by atoms with E-state index in [0.29, 0.717) is 5.56 Å². The number of rotatable bonds is 7. The molecule has 0 unspecified atom stereocenters. The van der Waals surface area contributed by atoms with Crippen LogP contribution in [-0.2, 0) is 55.9 Å². The molecule has 0 atom stereocenters. The van der Waals surface area contributed by atoms with E-state index in [1.165, 1.54) is 42.5 Å². The number of aryl methyl sites for hydroxylation is 1. The zero-order valence-corrected chi connectivity index (χ0v) is 31.6. The second-order valence-electron chi connectivity index (χ2n) is 13.3. The minimum atomic E-state index is -5.15. The highest BCUT2D eigenvalue weighted by molar-refractivity contribution is 7.92. The Morgan fingerprint density at radius 1 is 0.600 bits per heavy atom. The second-order valence-corrected chi connectivity index (χ2v) is 17.7. The number of benzene rings is 5. The summed E-state index contributed by atoms with van der Waals surface area (Å²) in [5.74, 6) is -2.39. The van der Waals surface area contributed by atoms with E-state index in [1.54, 1.807) is 13.8 Å². The molecule has 5 aromatic rings. The lowest BCUT2D eigenvalue weighted by molar-refractivity contribution is -0.270. The molecule has 8 bridgehead atoms. The van der Waals surface area contributed by atoms with Gasteiger partial charge in [0.15, 0.2) is 5.78 Å². The maximum Gasteiger partial charge on any atom is 0.261 e. The van der Waals surface area contributed by atoms with Crippen LogP contribution in [0.4, 0.5) is 5.69 Å². The molecule has 0 aromatic heterocycles. The largest absolute Gasteiger partial charge is 0.872 e. The summed E-state index contributed by atoms with van der Waals surface area (Å²) in [5.41, 5.74) is -0.179. The Kier molecular flexibility index (Phi) is 10.2. The zero-order valence-electron chi connectivity index (χ0n) is 29.1. The van der Waals surface area contributed by atoms with Crippen molar-refractivity contribution >= 4 is 41.7 Å². The fraction of sp³-hybridized carbons (Fsp3) is 0.184. The predicted molar refractivity (Wildman–Crippen MR) is 194 cm³/mol. The van der Waals surface area contributed by atoms with E-state index in [0.717, 1.165) is 30.3 Å². The molecule has 55 heavy (non-hydrogen) atoms. The van der Waals surface area contributed by atoms with Gasteiger partial charge in [0.25, 0.3) is 10.0 Å². The van der Waals surface area contributed by atoms with Crippen molar-refractivity contribution in [1.82, 2.24) is 0 Å². The molecule has 5 aromatic carbocycles. The fourth-order valence-corrected chi connectivity index (χ4v) is 8.81. The number of nitrogens with one attached hydrogen (secondary N) is 1. The first-order valence-electron chi connectivity index (χ1n) is 16.6. The monoisotopic (exact) mass is 806 g/mol. The molecular formula is C38H32NO13S3-3. The zero-order chi connectivity index (χ0) is 40.2. The normalized spacial score (nSPS) is 13.3. The number of phenols is 3. The van der Waals surface area contributed by atoms with Gasteiger partial charge in [0.05, 0.1) is 14.7 Å². The van der Waals surface area contributed by atoms with E-state index < -0.39 is 70.1 Å². The van der Waals surface area contributed by atoms with Crippen LogP contribution in [0.3, 0.4) is 0 Å². The summed E-state index contributed by atoms with van der Waals surface area (Å²) in [7, 11) is -14.7. The molecule has 0 fully saturated rings. The van der Waals surface area contributed by atoms with E-state index in [2.05, 4.69) is 4.72 Å².